The number of aromatic nitrogens is 3. The maximum Gasteiger partial charge on any atom is 0.246 e. The number of imidazole rings is 1. The minimum absolute atomic E-state index is 0.152. The van der Waals surface area contributed by atoms with Crippen LogP contribution in [-0.2, 0) is 23.6 Å². The van der Waals surface area contributed by atoms with E-state index < -0.39 is 10.0 Å². The van der Waals surface area contributed by atoms with Gasteiger partial charge in [-0.25, -0.2) is 13.4 Å². The first kappa shape index (κ1) is 14.5. The predicted octanol–water partition coefficient (Wildman–Crippen LogP) is 0.677. The van der Waals surface area contributed by atoms with Crippen LogP contribution in [0.5, 0.6) is 0 Å². The lowest BCUT2D eigenvalue weighted by Gasteiger charge is -2.18. The van der Waals surface area contributed by atoms with Gasteiger partial charge in [-0.05, 0) is 6.07 Å². The van der Waals surface area contributed by atoms with Gasteiger partial charge in [0.15, 0.2) is 0 Å². The molecule has 2 rings (SSSR count). The zero-order chi connectivity index (χ0) is 14.8. The first-order chi connectivity index (χ1) is 9.46. The molecule has 20 heavy (non-hydrogen) atoms. The fourth-order valence-electron chi connectivity index (χ4n) is 1.79. The van der Waals surface area contributed by atoms with Crippen LogP contribution in [0.15, 0.2) is 35.7 Å². The fraction of sp³-hybridized carbons (Fsp3) is 0.333. The molecule has 2 heterocycles. The Kier molecular flexibility index (Phi) is 4.05. The zero-order valence-electron chi connectivity index (χ0n) is 11.6. The lowest BCUT2D eigenvalue weighted by Crippen LogP contribution is -2.28. The second kappa shape index (κ2) is 5.59. The Balaban J connectivity index is 2.32. The fourth-order valence-corrected chi connectivity index (χ4v) is 3.06. The molecule has 7 nitrogen and oxygen atoms in total. The highest BCUT2D eigenvalue weighted by molar-refractivity contribution is 7.89. The van der Waals surface area contributed by atoms with Gasteiger partial charge in [0, 0.05) is 45.9 Å². The predicted molar refractivity (Wildman–Crippen MR) is 75.6 cm³/mol. The van der Waals surface area contributed by atoms with Gasteiger partial charge >= 0.3 is 0 Å². The van der Waals surface area contributed by atoms with Crippen molar-refractivity contribution in [2.45, 2.75) is 11.4 Å². The molecule has 0 atom stereocenters. The van der Waals surface area contributed by atoms with Gasteiger partial charge in [0.1, 0.15) is 10.7 Å². The Hall–Kier alpha value is -1.93. The van der Waals surface area contributed by atoms with E-state index in [1.807, 2.05) is 7.05 Å². The average molecular weight is 295 g/mol. The molecule has 2 aromatic rings. The van der Waals surface area contributed by atoms with E-state index >= 15 is 0 Å². The SMILES string of the molecule is CNc1ccncc1S(=O)(=O)N(C)Cc1nccn1C. The van der Waals surface area contributed by atoms with Crippen molar-refractivity contribution in [3.8, 4) is 0 Å². The Morgan fingerprint density at radius 3 is 2.75 bits per heavy atom. The van der Waals surface area contributed by atoms with Crippen LogP contribution in [0.3, 0.4) is 0 Å². The van der Waals surface area contributed by atoms with Gasteiger partial charge in [-0.1, -0.05) is 0 Å². The van der Waals surface area contributed by atoms with E-state index in [0.29, 0.717) is 11.5 Å². The van der Waals surface area contributed by atoms with Crippen molar-refractivity contribution in [2.75, 3.05) is 19.4 Å². The third-order valence-corrected chi connectivity index (χ3v) is 4.86. The summed E-state index contributed by atoms with van der Waals surface area (Å²) in [4.78, 5) is 8.17. The largest absolute Gasteiger partial charge is 0.387 e. The minimum Gasteiger partial charge on any atom is -0.387 e. The van der Waals surface area contributed by atoms with Crippen LogP contribution in [0.2, 0.25) is 0 Å². The highest BCUT2D eigenvalue weighted by Gasteiger charge is 2.25. The van der Waals surface area contributed by atoms with Crippen LogP contribution in [0.4, 0.5) is 5.69 Å². The standard InChI is InChI=1S/C12H17N5O2S/c1-13-10-4-5-14-8-11(10)20(18,19)17(3)9-12-15-6-7-16(12)2/h4-8H,9H2,1-3H3,(H,13,14). The maximum absolute atomic E-state index is 12.6. The van der Waals surface area contributed by atoms with Crippen LogP contribution in [0.25, 0.3) is 0 Å². The number of hydrogen-bond donors (Lipinski definition) is 1. The van der Waals surface area contributed by atoms with Gasteiger partial charge in [-0.15, -0.1) is 0 Å². The number of nitrogens with one attached hydrogen (secondary N) is 1. The molecular formula is C12H17N5O2S. The molecule has 0 bridgehead atoms. The number of nitrogens with zero attached hydrogens (tertiary/aromatic N) is 4. The van der Waals surface area contributed by atoms with Gasteiger partial charge in [-0.3, -0.25) is 4.98 Å². The normalized spacial score (nSPS) is 11.8. The van der Waals surface area contributed by atoms with E-state index in [1.165, 1.54) is 17.5 Å². The lowest BCUT2D eigenvalue weighted by molar-refractivity contribution is 0.451. The summed E-state index contributed by atoms with van der Waals surface area (Å²) >= 11 is 0. The molecule has 0 saturated heterocycles. The number of anilines is 1. The van der Waals surface area contributed by atoms with Crippen molar-refractivity contribution in [2.24, 2.45) is 7.05 Å². The summed E-state index contributed by atoms with van der Waals surface area (Å²) in [7, 11) is 1.40. The van der Waals surface area contributed by atoms with Gasteiger partial charge in [0.2, 0.25) is 10.0 Å². The van der Waals surface area contributed by atoms with Crippen LogP contribution in [-0.4, -0.2) is 41.4 Å². The molecule has 108 valence electrons. The molecule has 0 aliphatic rings. The molecule has 0 aliphatic carbocycles. The highest BCUT2D eigenvalue weighted by atomic mass is 32.2. The second-order valence-corrected chi connectivity index (χ2v) is 6.35. The van der Waals surface area contributed by atoms with E-state index in [9.17, 15) is 8.42 Å². The lowest BCUT2D eigenvalue weighted by atomic mass is 10.4. The summed E-state index contributed by atoms with van der Waals surface area (Å²) in [5.74, 6) is 0.672. The third kappa shape index (κ3) is 2.66. The number of pyridine rings is 1. The number of hydrogen-bond acceptors (Lipinski definition) is 5. The van der Waals surface area contributed by atoms with Gasteiger partial charge < -0.3 is 9.88 Å². The summed E-state index contributed by atoms with van der Waals surface area (Å²) in [5.41, 5.74) is 0.520. The van der Waals surface area contributed by atoms with Crippen molar-refractivity contribution in [1.82, 2.24) is 18.8 Å². The minimum atomic E-state index is -3.62. The van der Waals surface area contributed by atoms with Crippen LogP contribution >= 0.6 is 0 Å². The summed E-state index contributed by atoms with van der Waals surface area (Å²) in [6.45, 7) is 0.198. The van der Waals surface area contributed by atoms with Gasteiger partial charge in [0.05, 0.1) is 12.2 Å². The summed E-state index contributed by atoms with van der Waals surface area (Å²) in [6.07, 6.45) is 6.30. The Bertz CT molecular complexity index is 695. The topological polar surface area (TPSA) is 80.1 Å². The molecule has 0 saturated carbocycles. The summed E-state index contributed by atoms with van der Waals surface area (Å²) < 4.78 is 28.2. The first-order valence-corrected chi connectivity index (χ1v) is 7.45. The summed E-state index contributed by atoms with van der Waals surface area (Å²) in [5, 5.41) is 2.86. The molecule has 8 heteroatoms. The molecule has 0 spiro atoms. The van der Waals surface area contributed by atoms with Crippen molar-refractivity contribution in [3.05, 3.63) is 36.7 Å². The average Bonchev–Trinajstić information content (AvgIpc) is 2.84. The molecule has 0 radical (unpaired) electrons. The molecule has 2 aromatic heterocycles. The van der Waals surface area contributed by atoms with E-state index in [2.05, 4.69) is 15.3 Å². The third-order valence-electron chi connectivity index (χ3n) is 3.03. The van der Waals surface area contributed by atoms with Crippen LogP contribution in [0, 0.1) is 0 Å². The van der Waals surface area contributed by atoms with E-state index in [1.54, 1.807) is 36.3 Å². The number of aryl methyl sites for hydroxylation is 1. The van der Waals surface area contributed by atoms with Gasteiger partial charge in [-0.2, -0.15) is 4.31 Å². The quantitative estimate of drug-likeness (QED) is 0.877. The summed E-state index contributed by atoms with van der Waals surface area (Å²) in [6, 6.07) is 1.63. The smallest absolute Gasteiger partial charge is 0.246 e. The molecule has 0 aliphatic heterocycles. The van der Waals surface area contributed by atoms with Crippen molar-refractivity contribution >= 4 is 15.7 Å². The van der Waals surface area contributed by atoms with Crippen molar-refractivity contribution < 1.29 is 8.42 Å². The monoisotopic (exact) mass is 295 g/mol. The molecular weight excluding hydrogens is 278 g/mol. The molecule has 0 fully saturated rings. The highest BCUT2D eigenvalue weighted by Crippen LogP contribution is 2.23. The number of sulfonamides is 1. The van der Waals surface area contributed by atoms with Crippen molar-refractivity contribution in [3.63, 3.8) is 0 Å². The zero-order valence-corrected chi connectivity index (χ0v) is 12.4. The maximum atomic E-state index is 12.6. The molecule has 1 N–H and O–H groups in total. The second-order valence-electron chi connectivity index (χ2n) is 4.34. The van der Waals surface area contributed by atoms with Crippen molar-refractivity contribution in [1.29, 1.82) is 0 Å². The molecule has 0 aromatic carbocycles. The van der Waals surface area contributed by atoms with Crippen LogP contribution < -0.4 is 5.32 Å². The van der Waals surface area contributed by atoms with E-state index in [0.717, 1.165) is 0 Å². The Labute approximate surface area is 118 Å². The van der Waals surface area contributed by atoms with E-state index in [4.69, 9.17) is 0 Å². The van der Waals surface area contributed by atoms with Crippen LogP contribution in [0.1, 0.15) is 5.82 Å². The molecule has 0 unspecified atom stereocenters. The van der Waals surface area contributed by atoms with Gasteiger partial charge in [0.25, 0.3) is 0 Å². The van der Waals surface area contributed by atoms with E-state index in [-0.39, 0.29) is 11.4 Å². The molecule has 0 amide bonds. The Morgan fingerprint density at radius 1 is 1.40 bits per heavy atom. The number of rotatable bonds is 5. The first-order valence-electron chi connectivity index (χ1n) is 6.01. The Morgan fingerprint density at radius 2 is 2.15 bits per heavy atom.